The molecule has 0 radical (unpaired) electrons. The van der Waals surface area contributed by atoms with Crippen LogP contribution in [0.1, 0.15) is 13.8 Å². The molecule has 1 unspecified atom stereocenters. The second-order valence-corrected chi connectivity index (χ2v) is 3.85. The highest BCUT2D eigenvalue weighted by Crippen LogP contribution is 2.23. The maximum Gasteiger partial charge on any atom is 0.304 e. The number of nitrogens with zero attached hydrogens (tertiary/aromatic N) is 1. The fraction of sp³-hybridized carbons (Fsp3) is 0.250. The molecular weight excluding hydrogens is 204 g/mol. The molecule has 2 N–H and O–H groups in total. The van der Waals surface area contributed by atoms with Gasteiger partial charge in [0.25, 0.3) is 0 Å². The predicted octanol–water partition coefficient (Wildman–Crippen LogP) is 1.76. The summed E-state index contributed by atoms with van der Waals surface area (Å²) < 4.78 is 0. The van der Waals surface area contributed by atoms with E-state index in [-0.39, 0.29) is 11.8 Å². The third-order valence-corrected chi connectivity index (χ3v) is 2.86. The Bertz CT molecular complexity index is 440. The Labute approximate surface area is 94.2 Å². The summed E-state index contributed by atoms with van der Waals surface area (Å²) in [7, 11) is 0. The van der Waals surface area contributed by atoms with Crippen LogP contribution in [0.5, 0.6) is 0 Å². The number of aliphatic hydroxyl groups excluding tert-OH is 1. The Balaban J connectivity index is 2.37. The smallest absolute Gasteiger partial charge is 0.304 e. The molecule has 1 atom stereocenters. The molecule has 0 aliphatic carbocycles. The lowest BCUT2D eigenvalue weighted by Crippen LogP contribution is -2.53. The van der Waals surface area contributed by atoms with Crippen molar-refractivity contribution in [3.63, 3.8) is 0 Å². The van der Waals surface area contributed by atoms with E-state index in [0.29, 0.717) is 5.57 Å². The molecule has 0 saturated heterocycles. The van der Waals surface area contributed by atoms with E-state index < -0.39 is 5.91 Å². The van der Waals surface area contributed by atoms with Gasteiger partial charge in [-0.25, -0.2) is 0 Å². The van der Waals surface area contributed by atoms with Crippen molar-refractivity contribution in [2.75, 3.05) is 5.01 Å². The van der Waals surface area contributed by atoms with Crippen molar-refractivity contribution in [2.24, 2.45) is 0 Å². The molecular formula is C12H14N2O2. The van der Waals surface area contributed by atoms with Gasteiger partial charge in [-0.15, -0.1) is 0 Å². The van der Waals surface area contributed by atoms with Crippen molar-refractivity contribution in [1.82, 2.24) is 5.43 Å². The maximum absolute atomic E-state index is 11.5. The van der Waals surface area contributed by atoms with Crippen molar-refractivity contribution >= 4 is 11.6 Å². The van der Waals surface area contributed by atoms with Gasteiger partial charge in [-0.1, -0.05) is 18.2 Å². The number of rotatable bonds is 1. The molecule has 1 aromatic carbocycles. The van der Waals surface area contributed by atoms with Crippen LogP contribution >= 0.6 is 0 Å². The molecule has 0 bridgehead atoms. The summed E-state index contributed by atoms with van der Waals surface area (Å²) in [6.45, 7) is 3.69. The SMILES string of the molecule is CC1=C(O)C(=O)NN(c2ccccc2)C1C. The van der Waals surface area contributed by atoms with E-state index >= 15 is 0 Å². The topological polar surface area (TPSA) is 52.6 Å². The molecule has 1 aliphatic heterocycles. The lowest BCUT2D eigenvalue weighted by Gasteiger charge is -2.35. The Morgan fingerprint density at radius 3 is 2.56 bits per heavy atom. The van der Waals surface area contributed by atoms with Gasteiger partial charge >= 0.3 is 5.91 Å². The monoisotopic (exact) mass is 218 g/mol. The number of carbonyl (C=O) groups excluding carboxylic acids is 1. The Morgan fingerprint density at radius 2 is 1.94 bits per heavy atom. The predicted molar refractivity (Wildman–Crippen MR) is 61.9 cm³/mol. The minimum atomic E-state index is -0.459. The highest BCUT2D eigenvalue weighted by molar-refractivity contribution is 5.94. The maximum atomic E-state index is 11.5. The lowest BCUT2D eigenvalue weighted by atomic mass is 10.1. The number of hydrogen-bond donors (Lipinski definition) is 2. The molecule has 4 heteroatoms. The van der Waals surface area contributed by atoms with Gasteiger partial charge in [-0.05, 0) is 31.6 Å². The summed E-state index contributed by atoms with van der Waals surface area (Å²) >= 11 is 0. The van der Waals surface area contributed by atoms with E-state index in [1.54, 1.807) is 11.9 Å². The first kappa shape index (κ1) is 10.5. The van der Waals surface area contributed by atoms with Crippen molar-refractivity contribution in [3.05, 3.63) is 41.7 Å². The molecule has 4 nitrogen and oxygen atoms in total. The average molecular weight is 218 g/mol. The number of hydrogen-bond acceptors (Lipinski definition) is 3. The Morgan fingerprint density at radius 1 is 1.31 bits per heavy atom. The number of benzene rings is 1. The first-order valence-corrected chi connectivity index (χ1v) is 5.16. The molecule has 0 saturated carbocycles. The van der Waals surface area contributed by atoms with Crippen LogP contribution in [0.2, 0.25) is 0 Å². The van der Waals surface area contributed by atoms with Gasteiger partial charge in [0.1, 0.15) is 0 Å². The number of hydrazine groups is 1. The van der Waals surface area contributed by atoms with Gasteiger partial charge in [0.2, 0.25) is 0 Å². The summed E-state index contributed by atoms with van der Waals surface area (Å²) in [4.78, 5) is 11.5. The van der Waals surface area contributed by atoms with Crippen LogP contribution in [0.3, 0.4) is 0 Å². The van der Waals surface area contributed by atoms with E-state index in [2.05, 4.69) is 5.43 Å². The van der Waals surface area contributed by atoms with E-state index in [1.807, 2.05) is 37.3 Å². The summed E-state index contributed by atoms with van der Waals surface area (Å²) in [6.07, 6.45) is 0. The Kier molecular flexibility index (Phi) is 2.56. The molecule has 1 aliphatic rings. The molecule has 0 aromatic heterocycles. The zero-order chi connectivity index (χ0) is 11.7. The molecule has 1 aromatic rings. The van der Waals surface area contributed by atoms with Gasteiger partial charge < -0.3 is 5.11 Å². The molecule has 0 fully saturated rings. The number of aliphatic hydroxyl groups is 1. The molecule has 84 valence electrons. The van der Waals surface area contributed by atoms with Crippen molar-refractivity contribution < 1.29 is 9.90 Å². The normalized spacial score (nSPS) is 21.0. The van der Waals surface area contributed by atoms with Crippen molar-refractivity contribution in [3.8, 4) is 0 Å². The van der Waals surface area contributed by atoms with Crippen LogP contribution in [-0.2, 0) is 4.79 Å². The van der Waals surface area contributed by atoms with E-state index in [4.69, 9.17) is 0 Å². The second-order valence-electron chi connectivity index (χ2n) is 3.85. The summed E-state index contributed by atoms with van der Waals surface area (Å²) in [5.41, 5.74) is 4.22. The fourth-order valence-electron chi connectivity index (χ4n) is 1.71. The summed E-state index contributed by atoms with van der Waals surface area (Å²) in [5, 5.41) is 11.3. The highest BCUT2D eigenvalue weighted by atomic mass is 16.3. The third kappa shape index (κ3) is 1.62. The largest absolute Gasteiger partial charge is 0.503 e. The molecule has 2 rings (SSSR count). The van der Waals surface area contributed by atoms with Crippen LogP contribution in [0, 0.1) is 0 Å². The molecule has 1 amide bonds. The first-order chi connectivity index (χ1) is 7.61. The molecule has 16 heavy (non-hydrogen) atoms. The summed E-state index contributed by atoms with van der Waals surface area (Å²) in [5.74, 6) is -0.640. The number of amides is 1. The lowest BCUT2D eigenvalue weighted by molar-refractivity contribution is -0.120. The standard InChI is InChI=1S/C12H14N2O2/c1-8-9(2)14(13-12(16)11(8)15)10-6-4-3-5-7-10/h3-7,9,15H,1-2H3,(H,13,16). The first-order valence-electron chi connectivity index (χ1n) is 5.16. The van der Waals surface area contributed by atoms with E-state index in [9.17, 15) is 9.90 Å². The number of anilines is 1. The van der Waals surface area contributed by atoms with E-state index in [0.717, 1.165) is 5.69 Å². The van der Waals surface area contributed by atoms with Crippen LogP contribution in [0.15, 0.2) is 41.7 Å². The van der Waals surface area contributed by atoms with Gasteiger partial charge in [-0.2, -0.15) is 0 Å². The quantitative estimate of drug-likeness (QED) is 0.755. The number of carbonyl (C=O) groups is 1. The van der Waals surface area contributed by atoms with E-state index in [1.165, 1.54) is 0 Å². The third-order valence-electron chi connectivity index (χ3n) is 2.86. The highest BCUT2D eigenvalue weighted by Gasteiger charge is 2.28. The van der Waals surface area contributed by atoms with Gasteiger partial charge in [-0.3, -0.25) is 15.2 Å². The van der Waals surface area contributed by atoms with Gasteiger partial charge in [0.05, 0.1) is 11.7 Å². The number of nitrogens with one attached hydrogen (secondary N) is 1. The van der Waals surface area contributed by atoms with Gasteiger partial charge in [0.15, 0.2) is 5.76 Å². The second kappa shape index (κ2) is 3.89. The van der Waals surface area contributed by atoms with Crippen molar-refractivity contribution in [2.45, 2.75) is 19.9 Å². The minimum absolute atomic E-state index is 0.0555. The van der Waals surface area contributed by atoms with Crippen LogP contribution in [0.4, 0.5) is 5.69 Å². The fourth-order valence-corrected chi connectivity index (χ4v) is 1.71. The number of para-hydroxylation sites is 1. The summed E-state index contributed by atoms with van der Waals surface area (Å²) in [6, 6.07) is 9.49. The van der Waals surface area contributed by atoms with Crippen LogP contribution < -0.4 is 10.4 Å². The minimum Gasteiger partial charge on any atom is -0.503 e. The zero-order valence-corrected chi connectivity index (χ0v) is 9.27. The van der Waals surface area contributed by atoms with Gasteiger partial charge in [0, 0.05) is 0 Å². The Hall–Kier alpha value is -1.97. The average Bonchev–Trinajstić information content (AvgIpc) is 2.32. The van der Waals surface area contributed by atoms with Crippen LogP contribution in [0.25, 0.3) is 0 Å². The molecule has 0 spiro atoms. The molecule has 1 heterocycles. The zero-order valence-electron chi connectivity index (χ0n) is 9.27. The van der Waals surface area contributed by atoms with Crippen LogP contribution in [-0.4, -0.2) is 17.1 Å². The van der Waals surface area contributed by atoms with Crippen molar-refractivity contribution in [1.29, 1.82) is 0 Å².